The second-order valence-electron chi connectivity index (χ2n) is 6.89. The van der Waals surface area contributed by atoms with Gasteiger partial charge < -0.3 is 24.4 Å². The summed E-state index contributed by atoms with van der Waals surface area (Å²) in [6, 6.07) is 12.6. The maximum absolute atomic E-state index is 13.1. The van der Waals surface area contributed by atoms with Gasteiger partial charge in [-0.3, -0.25) is 14.5 Å². The third-order valence-electron chi connectivity index (χ3n) is 5.02. The first-order chi connectivity index (χ1) is 14.5. The van der Waals surface area contributed by atoms with Gasteiger partial charge in [-0.15, -0.1) is 0 Å². The van der Waals surface area contributed by atoms with Crippen LogP contribution in [0.4, 0.5) is 5.69 Å². The first-order valence-electron chi connectivity index (χ1n) is 9.72. The highest BCUT2D eigenvalue weighted by Crippen LogP contribution is 2.35. The first-order valence-corrected chi connectivity index (χ1v) is 9.72. The number of para-hydroxylation sites is 1. The summed E-state index contributed by atoms with van der Waals surface area (Å²) < 4.78 is 16.0. The average Bonchev–Trinajstić information content (AvgIpc) is 2.78. The number of benzene rings is 2. The number of amides is 2. The van der Waals surface area contributed by atoms with Crippen molar-refractivity contribution < 1.29 is 23.8 Å². The molecule has 1 N–H and O–H groups in total. The Morgan fingerprint density at radius 3 is 2.07 bits per heavy atom. The Balaban J connectivity index is 1.59. The van der Waals surface area contributed by atoms with Gasteiger partial charge in [0.05, 0.1) is 33.4 Å². The summed E-state index contributed by atoms with van der Waals surface area (Å²) in [5.74, 6) is 1.20. The van der Waals surface area contributed by atoms with Gasteiger partial charge in [0, 0.05) is 44.0 Å². The highest BCUT2D eigenvalue weighted by Gasteiger charge is 2.26. The molecule has 0 saturated carbocycles. The smallest absolute Gasteiger partial charge is 0.257 e. The lowest BCUT2D eigenvalue weighted by atomic mass is 10.1. The van der Waals surface area contributed by atoms with Crippen molar-refractivity contribution in [3.8, 4) is 17.2 Å². The number of methoxy groups -OCH3 is 3. The van der Waals surface area contributed by atoms with E-state index < -0.39 is 0 Å². The third kappa shape index (κ3) is 5.01. The van der Waals surface area contributed by atoms with Crippen LogP contribution in [0.5, 0.6) is 17.2 Å². The zero-order valence-corrected chi connectivity index (χ0v) is 17.5. The fraction of sp³-hybridized carbons (Fsp3) is 0.364. The zero-order chi connectivity index (χ0) is 21.5. The zero-order valence-electron chi connectivity index (χ0n) is 17.5. The molecule has 0 radical (unpaired) electrons. The SMILES string of the molecule is COc1cc(OC)c(C(=O)N2CCN(CC(=O)Nc3ccccc3)CC2)cc1OC. The normalized spacial score (nSPS) is 14.2. The van der Waals surface area contributed by atoms with Crippen molar-refractivity contribution in [1.29, 1.82) is 0 Å². The van der Waals surface area contributed by atoms with E-state index in [1.165, 1.54) is 21.3 Å². The summed E-state index contributed by atoms with van der Waals surface area (Å²) in [6.45, 7) is 2.56. The molecule has 1 fully saturated rings. The van der Waals surface area contributed by atoms with E-state index in [1.54, 1.807) is 17.0 Å². The summed E-state index contributed by atoms with van der Waals surface area (Å²) in [5, 5.41) is 2.88. The fourth-order valence-electron chi connectivity index (χ4n) is 3.40. The molecule has 0 aliphatic carbocycles. The predicted octanol–water partition coefficient (Wildman–Crippen LogP) is 2.11. The monoisotopic (exact) mass is 413 g/mol. The number of carbonyl (C=O) groups is 2. The van der Waals surface area contributed by atoms with Crippen LogP contribution < -0.4 is 19.5 Å². The lowest BCUT2D eigenvalue weighted by Gasteiger charge is -2.34. The minimum absolute atomic E-state index is 0.0671. The number of ether oxygens (including phenoxy) is 3. The minimum atomic E-state index is -0.138. The van der Waals surface area contributed by atoms with E-state index in [0.717, 1.165) is 5.69 Å². The molecule has 0 aromatic heterocycles. The number of nitrogens with one attached hydrogen (secondary N) is 1. The molecule has 1 heterocycles. The van der Waals surface area contributed by atoms with Crippen LogP contribution >= 0.6 is 0 Å². The average molecular weight is 413 g/mol. The minimum Gasteiger partial charge on any atom is -0.496 e. The topological polar surface area (TPSA) is 80.3 Å². The Morgan fingerprint density at radius 1 is 0.867 bits per heavy atom. The molecule has 8 nitrogen and oxygen atoms in total. The molecule has 0 bridgehead atoms. The molecule has 0 unspecified atom stereocenters. The largest absolute Gasteiger partial charge is 0.496 e. The van der Waals surface area contributed by atoms with Crippen LogP contribution in [0.3, 0.4) is 0 Å². The Labute approximate surface area is 176 Å². The second-order valence-corrected chi connectivity index (χ2v) is 6.89. The van der Waals surface area contributed by atoms with Gasteiger partial charge in [0.25, 0.3) is 5.91 Å². The molecule has 2 amide bonds. The Kier molecular flexibility index (Phi) is 7.13. The van der Waals surface area contributed by atoms with Gasteiger partial charge in [-0.05, 0) is 12.1 Å². The van der Waals surface area contributed by atoms with E-state index in [9.17, 15) is 9.59 Å². The summed E-state index contributed by atoms with van der Waals surface area (Å²) in [4.78, 5) is 29.1. The molecule has 0 spiro atoms. The molecule has 1 aliphatic rings. The molecule has 30 heavy (non-hydrogen) atoms. The van der Waals surface area contributed by atoms with E-state index in [1.807, 2.05) is 35.2 Å². The van der Waals surface area contributed by atoms with Crippen molar-refractivity contribution in [1.82, 2.24) is 9.80 Å². The van der Waals surface area contributed by atoms with E-state index in [-0.39, 0.29) is 18.4 Å². The maximum atomic E-state index is 13.1. The molecule has 2 aromatic carbocycles. The first kappa shape index (κ1) is 21.4. The lowest BCUT2D eigenvalue weighted by molar-refractivity contribution is -0.117. The summed E-state index contributed by atoms with van der Waals surface area (Å²) in [6.07, 6.45) is 0. The van der Waals surface area contributed by atoms with Crippen molar-refractivity contribution in [2.24, 2.45) is 0 Å². The van der Waals surface area contributed by atoms with Crippen molar-refractivity contribution in [3.05, 3.63) is 48.0 Å². The van der Waals surface area contributed by atoms with Gasteiger partial charge in [-0.1, -0.05) is 18.2 Å². The number of rotatable bonds is 7. The van der Waals surface area contributed by atoms with Crippen LogP contribution in [0.15, 0.2) is 42.5 Å². The molecule has 160 valence electrons. The Bertz CT molecular complexity index is 880. The molecular weight excluding hydrogens is 386 g/mol. The van der Waals surface area contributed by atoms with Crippen LogP contribution in [0.2, 0.25) is 0 Å². The molecule has 8 heteroatoms. The van der Waals surface area contributed by atoms with Gasteiger partial charge in [-0.25, -0.2) is 0 Å². The number of nitrogens with zero attached hydrogens (tertiary/aromatic N) is 2. The summed E-state index contributed by atoms with van der Waals surface area (Å²) in [7, 11) is 4.57. The number of piperazine rings is 1. The molecule has 1 saturated heterocycles. The van der Waals surface area contributed by atoms with Crippen LogP contribution in [-0.4, -0.2) is 75.7 Å². The van der Waals surface area contributed by atoms with Gasteiger partial charge in [0.2, 0.25) is 5.91 Å². The fourth-order valence-corrected chi connectivity index (χ4v) is 3.40. The van der Waals surface area contributed by atoms with Gasteiger partial charge in [0.1, 0.15) is 5.75 Å². The van der Waals surface area contributed by atoms with Crippen LogP contribution in [0.25, 0.3) is 0 Å². The molecule has 0 atom stereocenters. The summed E-state index contributed by atoms with van der Waals surface area (Å²) in [5.41, 5.74) is 1.20. The molecule has 3 rings (SSSR count). The number of carbonyl (C=O) groups excluding carboxylic acids is 2. The van der Waals surface area contributed by atoms with E-state index in [0.29, 0.717) is 49.0 Å². The van der Waals surface area contributed by atoms with E-state index in [4.69, 9.17) is 14.2 Å². The van der Waals surface area contributed by atoms with Gasteiger partial charge in [-0.2, -0.15) is 0 Å². The van der Waals surface area contributed by atoms with E-state index in [2.05, 4.69) is 5.32 Å². The number of hydrogen-bond donors (Lipinski definition) is 1. The number of hydrogen-bond acceptors (Lipinski definition) is 6. The Morgan fingerprint density at radius 2 is 1.47 bits per heavy atom. The van der Waals surface area contributed by atoms with Crippen LogP contribution in [0, 0.1) is 0 Å². The quantitative estimate of drug-likeness (QED) is 0.749. The highest BCUT2D eigenvalue weighted by molar-refractivity contribution is 5.98. The van der Waals surface area contributed by atoms with Gasteiger partial charge in [0.15, 0.2) is 11.5 Å². The van der Waals surface area contributed by atoms with Crippen molar-refractivity contribution in [2.45, 2.75) is 0 Å². The highest BCUT2D eigenvalue weighted by atomic mass is 16.5. The summed E-state index contributed by atoms with van der Waals surface area (Å²) >= 11 is 0. The molecular formula is C22H27N3O5. The molecule has 1 aliphatic heterocycles. The van der Waals surface area contributed by atoms with Crippen molar-refractivity contribution in [3.63, 3.8) is 0 Å². The van der Waals surface area contributed by atoms with Crippen LogP contribution in [-0.2, 0) is 4.79 Å². The van der Waals surface area contributed by atoms with Crippen molar-refractivity contribution in [2.75, 3.05) is 59.4 Å². The Hall–Kier alpha value is -3.26. The van der Waals surface area contributed by atoms with Crippen molar-refractivity contribution >= 4 is 17.5 Å². The molecule has 2 aromatic rings. The second kappa shape index (κ2) is 9.98. The van der Waals surface area contributed by atoms with Crippen LogP contribution in [0.1, 0.15) is 10.4 Å². The maximum Gasteiger partial charge on any atom is 0.257 e. The standard InChI is InChI=1S/C22H27N3O5/c1-28-18-14-20(30-3)19(29-2)13-17(18)22(27)25-11-9-24(10-12-25)15-21(26)23-16-7-5-4-6-8-16/h4-8,13-14H,9-12,15H2,1-3H3,(H,23,26). The predicted molar refractivity (Wildman–Crippen MR) is 114 cm³/mol. The van der Waals surface area contributed by atoms with Gasteiger partial charge >= 0.3 is 0 Å². The number of anilines is 1. The lowest BCUT2D eigenvalue weighted by Crippen LogP contribution is -2.50. The third-order valence-corrected chi connectivity index (χ3v) is 5.02. The van der Waals surface area contributed by atoms with E-state index >= 15 is 0 Å².